The topological polar surface area (TPSA) is 61.4 Å². The Morgan fingerprint density at radius 2 is 1.75 bits per heavy atom. The highest BCUT2D eigenvalue weighted by molar-refractivity contribution is 6.30. The number of carbonyl (C=O) groups excluding carboxylic acids is 2. The summed E-state index contributed by atoms with van der Waals surface area (Å²) in [6.07, 6.45) is 1.37. The first kappa shape index (κ1) is 22.2. The van der Waals surface area contributed by atoms with Gasteiger partial charge in [-0.05, 0) is 42.8 Å². The van der Waals surface area contributed by atoms with Crippen LogP contribution in [0.15, 0.2) is 54.6 Å². The second-order valence-electron chi connectivity index (χ2n) is 6.65. The van der Waals surface area contributed by atoms with Gasteiger partial charge < -0.3 is 15.5 Å². The first-order chi connectivity index (χ1) is 13.1. The average Bonchev–Trinajstić information content (AvgIpc) is 2.97. The van der Waals surface area contributed by atoms with Gasteiger partial charge in [0.05, 0.1) is 0 Å². The Hall–Kier alpha value is -2.08. The van der Waals surface area contributed by atoms with Crippen molar-refractivity contribution < 1.29 is 9.59 Å². The summed E-state index contributed by atoms with van der Waals surface area (Å²) in [6.45, 7) is 3.04. The smallest absolute Gasteiger partial charge is 0.251 e. The summed E-state index contributed by atoms with van der Waals surface area (Å²) in [7, 11) is 0. The number of hydrogen-bond donors (Lipinski definition) is 2. The molecule has 1 fully saturated rings. The van der Waals surface area contributed by atoms with Gasteiger partial charge in [0.1, 0.15) is 6.04 Å². The summed E-state index contributed by atoms with van der Waals surface area (Å²) < 4.78 is 0. The van der Waals surface area contributed by atoms with Crippen LogP contribution in [0.1, 0.15) is 22.3 Å². The summed E-state index contributed by atoms with van der Waals surface area (Å²) in [5.41, 5.74) is 1.50. The van der Waals surface area contributed by atoms with Crippen LogP contribution in [-0.2, 0) is 11.2 Å². The number of nitrogens with one attached hydrogen (secondary N) is 2. The van der Waals surface area contributed by atoms with E-state index in [4.69, 9.17) is 11.6 Å². The summed E-state index contributed by atoms with van der Waals surface area (Å²) in [6, 6.07) is 15.8. The summed E-state index contributed by atoms with van der Waals surface area (Å²) in [4.78, 5) is 27.7. The second kappa shape index (κ2) is 11.1. The number of halogens is 2. The minimum Gasteiger partial charge on any atom is -0.340 e. The molecule has 0 spiro atoms. The van der Waals surface area contributed by atoms with E-state index in [0.717, 1.165) is 25.1 Å². The molecule has 0 aliphatic carbocycles. The Morgan fingerprint density at radius 3 is 2.46 bits per heavy atom. The number of benzene rings is 2. The highest BCUT2D eigenvalue weighted by atomic mass is 35.5. The zero-order valence-electron chi connectivity index (χ0n) is 15.6. The molecule has 0 aromatic heterocycles. The van der Waals surface area contributed by atoms with Crippen LogP contribution < -0.4 is 10.6 Å². The minimum atomic E-state index is -0.603. The van der Waals surface area contributed by atoms with E-state index in [1.807, 2.05) is 35.2 Å². The zero-order valence-corrected chi connectivity index (χ0v) is 17.1. The number of amides is 2. The van der Waals surface area contributed by atoms with Crippen LogP contribution in [0.3, 0.4) is 0 Å². The molecule has 2 aromatic rings. The molecule has 0 bridgehead atoms. The van der Waals surface area contributed by atoms with Crippen molar-refractivity contribution in [2.75, 3.05) is 26.2 Å². The van der Waals surface area contributed by atoms with Crippen molar-refractivity contribution in [1.29, 1.82) is 0 Å². The summed E-state index contributed by atoms with van der Waals surface area (Å²) >= 11 is 5.90. The standard InChI is InChI=1S/C21H24ClN3O2.ClH/c22-18-9-7-17(8-10-18)20(26)24-19(15-16-5-2-1-3-6-16)21(27)25-13-4-11-23-12-14-25;/h1-3,5-10,19,23H,4,11-15H2,(H,24,26);1H. The van der Waals surface area contributed by atoms with Gasteiger partial charge in [-0.3, -0.25) is 9.59 Å². The molecule has 1 heterocycles. The number of carbonyl (C=O) groups is 2. The normalized spacial score (nSPS) is 15.1. The van der Waals surface area contributed by atoms with Crippen molar-refractivity contribution >= 4 is 35.8 Å². The predicted octanol–water partition coefficient (Wildman–Crippen LogP) is 2.92. The number of nitrogens with zero attached hydrogens (tertiary/aromatic N) is 1. The Morgan fingerprint density at radius 1 is 1.04 bits per heavy atom. The highest BCUT2D eigenvalue weighted by Crippen LogP contribution is 2.12. The van der Waals surface area contributed by atoms with Crippen molar-refractivity contribution in [2.24, 2.45) is 0 Å². The fourth-order valence-corrected chi connectivity index (χ4v) is 3.31. The van der Waals surface area contributed by atoms with Gasteiger partial charge in [0.15, 0.2) is 0 Å². The van der Waals surface area contributed by atoms with Gasteiger partial charge in [-0.25, -0.2) is 0 Å². The Kier molecular flexibility index (Phi) is 8.77. The molecule has 1 atom stereocenters. The molecule has 0 radical (unpaired) electrons. The largest absolute Gasteiger partial charge is 0.340 e. The van der Waals surface area contributed by atoms with Crippen molar-refractivity contribution in [2.45, 2.75) is 18.9 Å². The SMILES string of the molecule is Cl.O=C(NC(Cc1ccccc1)C(=O)N1CCCNCC1)c1ccc(Cl)cc1. The van der Waals surface area contributed by atoms with Crippen LogP contribution in [0.25, 0.3) is 0 Å². The third-order valence-corrected chi connectivity index (χ3v) is 4.90. The third kappa shape index (κ3) is 6.23. The predicted molar refractivity (Wildman–Crippen MR) is 114 cm³/mol. The molecule has 7 heteroatoms. The number of hydrogen-bond acceptors (Lipinski definition) is 3. The lowest BCUT2D eigenvalue weighted by molar-refractivity contribution is -0.133. The lowest BCUT2D eigenvalue weighted by Gasteiger charge is -2.27. The zero-order chi connectivity index (χ0) is 19.1. The molecule has 1 saturated heterocycles. The molecule has 1 unspecified atom stereocenters. The molecule has 2 amide bonds. The average molecular weight is 422 g/mol. The molecular weight excluding hydrogens is 397 g/mol. The van der Waals surface area contributed by atoms with E-state index in [2.05, 4.69) is 10.6 Å². The molecule has 2 aromatic carbocycles. The van der Waals surface area contributed by atoms with Crippen LogP contribution in [0.5, 0.6) is 0 Å². The Labute approximate surface area is 176 Å². The molecule has 0 saturated carbocycles. The molecule has 2 N–H and O–H groups in total. The first-order valence-electron chi connectivity index (χ1n) is 9.23. The molecule has 5 nitrogen and oxygen atoms in total. The second-order valence-corrected chi connectivity index (χ2v) is 7.09. The van der Waals surface area contributed by atoms with Gasteiger partial charge in [-0.1, -0.05) is 41.9 Å². The lowest BCUT2D eigenvalue weighted by Crippen LogP contribution is -2.50. The van der Waals surface area contributed by atoms with Crippen LogP contribution in [0.4, 0.5) is 0 Å². The monoisotopic (exact) mass is 421 g/mol. The quantitative estimate of drug-likeness (QED) is 0.779. The third-order valence-electron chi connectivity index (χ3n) is 4.64. The molecule has 3 rings (SSSR count). The van der Waals surface area contributed by atoms with Gasteiger partial charge in [0.2, 0.25) is 5.91 Å². The van der Waals surface area contributed by atoms with Crippen LogP contribution in [0.2, 0.25) is 5.02 Å². The first-order valence-corrected chi connectivity index (χ1v) is 9.61. The Balaban J connectivity index is 0.00000280. The van der Waals surface area contributed by atoms with Crippen molar-refractivity contribution in [3.63, 3.8) is 0 Å². The van der Waals surface area contributed by atoms with E-state index in [1.165, 1.54) is 0 Å². The van der Waals surface area contributed by atoms with Gasteiger partial charge in [-0.2, -0.15) is 0 Å². The van der Waals surface area contributed by atoms with Gasteiger partial charge in [0, 0.05) is 36.6 Å². The molecule has 150 valence electrons. The van der Waals surface area contributed by atoms with E-state index in [9.17, 15) is 9.59 Å². The van der Waals surface area contributed by atoms with E-state index in [1.54, 1.807) is 24.3 Å². The maximum absolute atomic E-state index is 13.1. The van der Waals surface area contributed by atoms with Gasteiger partial charge in [0.25, 0.3) is 5.91 Å². The van der Waals surface area contributed by atoms with Crippen molar-refractivity contribution in [3.05, 3.63) is 70.7 Å². The fraction of sp³-hybridized carbons (Fsp3) is 0.333. The highest BCUT2D eigenvalue weighted by Gasteiger charge is 2.27. The molecular formula is C21H25Cl2N3O2. The lowest BCUT2D eigenvalue weighted by atomic mass is 10.0. The van der Waals surface area contributed by atoms with Gasteiger partial charge in [-0.15, -0.1) is 12.4 Å². The van der Waals surface area contributed by atoms with Crippen LogP contribution in [0, 0.1) is 0 Å². The van der Waals surface area contributed by atoms with E-state index >= 15 is 0 Å². The van der Waals surface area contributed by atoms with E-state index < -0.39 is 6.04 Å². The van der Waals surface area contributed by atoms with Crippen LogP contribution in [-0.4, -0.2) is 48.9 Å². The van der Waals surface area contributed by atoms with E-state index in [-0.39, 0.29) is 24.2 Å². The fourth-order valence-electron chi connectivity index (χ4n) is 3.18. The number of rotatable bonds is 5. The maximum atomic E-state index is 13.1. The van der Waals surface area contributed by atoms with Crippen molar-refractivity contribution in [1.82, 2.24) is 15.5 Å². The molecule has 28 heavy (non-hydrogen) atoms. The summed E-state index contributed by atoms with van der Waals surface area (Å²) in [5, 5.41) is 6.79. The Bertz CT molecular complexity index is 761. The summed E-state index contributed by atoms with van der Waals surface area (Å²) in [5.74, 6) is -0.307. The van der Waals surface area contributed by atoms with E-state index in [0.29, 0.717) is 30.1 Å². The van der Waals surface area contributed by atoms with Gasteiger partial charge >= 0.3 is 0 Å². The van der Waals surface area contributed by atoms with Crippen molar-refractivity contribution in [3.8, 4) is 0 Å². The molecule has 1 aliphatic heterocycles. The maximum Gasteiger partial charge on any atom is 0.251 e. The minimum absolute atomic E-state index is 0. The molecule has 1 aliphatic rings. The van der Waals surface area contributed by atoms with Crippen LogP contribution >= 0.6 is 24.0 Å².